The van der Waals surface area contributed by atoms with Gasteiger partial charge in [-0.25, -0.2) is 9.49 Å². The third-order valence-corrected chi connectivity index (χ3v) is 6.99. The zero-order valence-electron chi connectivity index (χ0n) is 21.7. The quantitative estimate of drug-likeness (QED) is 0.291. The average Bonchev–Trinajstić information content (AvgIpc) is 3.62. The van der Waals surface area contributed by atoms with Gasteiger partial charge < -0.3 is 15.5 Å². The summed E-state index contributed by atoms with van der Waals surface area (Å²) >= 11 is 0. The van der Waals surface area contributed by atoms with E-state index in [-0.39, 0.29) is 11.6 Å². The molecule has 1 saturated heterocycles. The van der Waals surface area contributed by atoms with Crippen LogP contribution in [0.1, 0.15) is 40.1 Å². The summed E-state index contributed by atoms with van der Waals surface area (Å²) in [5, 5.41) is 24.5. The minimum atomic E-state index is -0.439. The third-order valence-electron chi connectivity index (χ3n) is 6.99. The summed E-state index contributed by atoms with van der Waals surface area (Å²) in [5.41, 5.74) is 3.80. The third kappa shape index (κ3) is 4.98. The molecular weight excluding hydrogens is 513 g/mol. The molecule has 0 bridgehead atoms. The molecule has 0 atom stereocenters. The predicted molar refractivity (Wildman–Crippen MR) is 149 cm³/mol. The molecule has 1 aliphatic rings. The number of halogens is 1. The van der Waals surface area contributed by atoms with Gasteiger partial charge >= 0.3 is 0 Å². The molecule has 1 fully saturated rings. The fourth-order valence-electron chi connectivity index (χ4n) is 4.96. The van der Waals surface area contributed by atoms with Crippen LogP contribution in [-0.2, 0) is 7.05 Å². The van der Waals surface area contributed by atoms with Crippen LogP contribution in [0.4, 0.5) is 21.5 Å². The maximum atomic E-state index is 13.8. The molecule has 2 aromatic heterocycles. The number of nitrogens with zero attached hydrogens (tertiary/aromatic N) is 6. The zero-order chi connectivity index (χ0) is 27.6. The van der Waals surface area contributed by atoms with E-state index in [1.165, 1.54) is 16.8 Å². The molecule has 3 heterocycles. The number of H-pyrrole nitrogens is 1. The van der Waals surface area contributed by atoms with E-state index in [0.29, 0.717) is 33.7 Å². The molecule has 3 aromatic carbocycles. The number of aromatic amines is 1. The van der Waals surface area contributed by atoms with Gasteiger partial charge in [0.25, 0.3) is 11.8 Å². The Morgan fingerprint density at radius 1 is 0.925 bits per heavy atom. The molecule has 1 aliphatic heterocycles. The number of hydrogen-bond acceptors (Lipinski definition) is 7. The second-order valence-electron chi connectivity index (χ2n) is 9.65. The largest absolute Gasteiger partial charge is 0.370 e. The first-order valence-electron chi connectivity index (χ1n) is 12.9. The van der Waals surface area contributed by atoms with Crippen molar-refractivity contribution in [3.05, 3.63) is 77.7 Å². The molecule has 5 aromatic rings. The Morgan fingerprint density at radius 3 is 2.48 bits per heavy atom. The molecule has 0 unspecified atom stereocenters. The highest BCUT2D eigenvalue weighted by Crippen LogP contribution is 2.31. The van der Waals surface area contributed by atoms with Gasteiger partial charge in [0.2, 0.25) is 0 Å². The number of anilines is 3. The molecule has 0 spiro atoms. The number of fused-ring (bicyclic) bond motifs is 1. The van der Waals surface area contributed by atoms with Crippen LogP contribution in [0.5, 0.6) is 0 Å². The van der Waals surface area contributed by atoms with Crippen molar-refractivity contribution in [3.8, 4) is 11.4 Å². The number of carbonyl (C=O) groups is 2. The Morgan fingerprint density at radius 2 is 1.73 bits per heavy atom. The lowest BCUT2D eigenvalue weighted by Crippen LogP contribution is -2.30. The van der Waals surface area contributed by atoms with Crippen molar-refractivity contribution in [2.45, 2.75) is 19.3 Å². The Hall–Kier alpha value is -5.13. The van der Waals surface area contributed by atoms with Crippen LogP contribution in [0.15, 0.2) is 60.7 Å². The molecule has 6 rings (SSSR count). The van der Waals surface area contributed by atoms with Crippen LogP contribution in [0.3, 0.4) is 0 Å². The lowest BCUT2D eigenvalue weighted by atomic mass is 10.1. The standard InChI is InChI=1S/C28H26FN9O2/c1-37-24-16-19(29)8-11-21(24)25(34-37)28(40)31-22-15-18(7-12-23(22)38-13-3-2-4-14-38)27(39)30-20-9-5-17(6-10-20)26-32-35-36-33-26/h5-12,15-16H,2-4,13-14H2,1H3,(H,30,39)(H,31,40)(H,32,33,35,36). The number of rotatable bonds is 6. The van der Waals surface area contributed by atoms with E-state index in [0.717, 1.165) is 43.6 Å². The smallest absolute Gasteiger partial charge is 0.276 e. The molecule has 40 heavy (non-hydrogen) atoms. The second kappa shape index (κ2) is 10.6. The minimum Gasteiger partial charge on any atom is -0.370 e. The van der Waals surface area contributed by atoms with E-state index < -0.39 is 11.7 Å². The Bertz CT molecular complexity index is 1690. The van der Waals surface area contributed by atoms with Gasteiger partial charge in [-0.3, -0.25) is 14.3 Å². The van der Waals surface area contributed by atoms with Crippen molar-refractivity contribution >= 4 is 39.8 Å². The van der Waals surface area contributed by atoms with Crippen molar-refractivity contribution < 1.29 is 14.0 Å². The Balaban J connectivity index is 1.28. The zero-order valence-corrected chi connectivity index (χ0v) is 21.7. The maximum absolute atomic E-state index is 13.8. The Labute approximate surface area is 228 Å². The highest BCUT2D eigenvalue weighted by molar-refractivity contribution is 6.13. The summed E-state index contributed by atoms with van der Waals surface area (Å²) in [6.07, 6.45) is 3.25. The van der Waals surface area contributed by atoms with Crippen LogP contribution in [0.25, 0.3) is 22.3 Å². The Kier molecular flexibility index (Phi) is 6.64. The van der Waals surface area contributed by atoms with E-state index in [1.807, 2.05) is 6.07 Å². The van der Waals surface area contributed by atoms with E-state index >= 15 is 0 Å². The summed E-state index contributed by atoms with van der Waals surface area (Å²) in [5.74, 6) is -0.644. The van der Waals surface area contributed by atoms with Crippen LogP contribution < -0.4 is 15.5 Å². The summed E-state index contributed by atoms with van der Waals surface area (Å²) in [4.78, 5) is 28.9. The van der Waals surface area contributed by atoms with E-state index in [4.69, 9.17) is 0 Å². The lowest BCUT2D eigenvalue weighted by molar-refractivity contribution is 0.101. The minimum absolute atomic E-state index is 0.180. The highest BCUT2D eigenvalue weighted by Gasteiger charge is 2.22. The summed E-state index contributed by atoms with van der Waals surface area (Å²) < 4.78 is 15.3. The SMILES string of the molecule is Cn1nc(C(=O)Nc2cc(C(=O)Nc3ccc(-c4nnn[nH]4)cc3)ccc2N2CCCCC2)c2ccc(F)cc21. The number of tetrazole rings is 1. The van der Waals surface area contributed by atoms with Crippen LogP contribution in [0, 0.1) is 5.82 Å². The number of nitrogens with one attached hydrogen (secondary N) is 3. The van der Waals surface area contributed by atoms with Crippen LogP contribution in [-0.4, -0.2) is 55.3 Å². The molecule has 3 N–H and O–H groups in total. The highest BCUT2D eigenvalue weighted by atomic mass is 19.1. The van der Waals surface area contributed by atoms with Crippen molar-refractivity contribution in [3.63, 3.8) is 0 Å². The van der Waals surface area contributed by atoms with E-state index in [2.05, 4.69) is 41.3 Å². The van der Waals surface area contributed by atoms with Crippen molar-refractivity contribution in [1.29, 1.82) is 0 Å². The first-order valence-corrected chi connectivity index (χ1v) is 12.9. The van der Waals surface area contributed by atoms with Gasteiger partial charge in [-0.1, -0.05) is 0 Å². The second-order valence-corrected chi connectivity index (χ2v) is 9.65. The van der Waals surface area contributed by atoms with Crippen molar-refractivity contribution in [2.24, 2.45) is 7.05 Å². The number of carbonyl (C=O) groups excluding carboxylic acids is 2. The fourth-order valence-corrected chi connectivity index (χ4v) is 4.96. The number of benzene rings is 3. The number of amides is 2. The number of hydrogen-bond donors (Lipinski definition) is 3. The summed E-state index contributed by atoms with van der Waals surface area (Å²) in [6, 6.07) is 16.6. The summed E-state index contributed by atoms with van der Waals surface area (Å²) in [7, 11) is 1.66. The molecule has 0 saturated carbocycles. The molecule has 0 radical (unpaired) electrons. The predicted octanol–water partition coefficient (Wildman–Crippen LogP) is 4.39. The number of aromatic nitrogens is 6. The van der Waals surface area contributed by atoms with Crippen LogP contribution in [0.2, 0.25) is 0 Å². The van der Waals surface area contributed by atoms with Gasteiger partial charge in [0.1, 0.15) is 5.82 Å². The van der Waals surface area contributed by atoms with E-state index in [9.17, 15) is 14.0 Å². The summed E-state index contributed by atoms with van der Waals surface area (Å²) in [6.45, 7) is 1.71. The monoisotopic (exact) mass is 539 g/mol. The van der Waals surface area contributed by atoms with Gasteiger partial charge in [0.15, 0.2) is 11.5 Å². The molecule has 12 heteroatoms. The lowest BCUT2D eigenvalue weighted by Gasteiger charge is -2.30. The molecule has 11 nitrogen and oxygen atoms in total. The van der Waals surface area contributed by atoms with Crippen LogP contribution >= 0.6 is 0 Å². The van der Waals surface area contributed by atoms with Gasteiger partial charge in [0, 0.05) is 42.3 Å². The average molecular weight is 540 g/mol. The topological polar surface area (TPSA) is 134 Å². The maximum Gasteiger partial charge on any atom is 0.276 e. The fraction of sp³-hybridized carbons (Fsp3) is 0.214. The molecule has 0 aliphatic carbocycles. The number of piperidine rings is 1. The van der Waals surface area contributed by atoms with Crippen molar-refractivity contribution in [1.82, 2.24) is 30.4 Å². The normalized spacial score (nSPS) is 13.4. The molecule has 202 valence electrons. The number of aryl methyl sites for hydroxylation is 1. The van der Waals surface area contributed by atoms with Crippen molar-refractivity contribution in [2.75, 3.05) is 28.6 Å². The van der Waals surface area contributed by atoms with Gasteiger partial charge in [-0.15, -0.1) is 5.10 Å². The van der Waals surface area contributed by atoms with E-state index in [1.54, 1.807) is 49.5 Å². The first-order chi connectivity index (χ1) is 19.5. The van der Waals surface area contributed by atoms with Gasteiger partial charge in [-0.05, 0) is 90.4 Å². The molecular formula is C28H26FN9O2. The first kappa shape index (κ1) is 25.2. The van der Waals surface area contributed by atoms with Gasteiger partial charge in [-0.2, -0.15) is 5.10 Å². The molecule has 2 amide bonds. The van der Waals surface area contributed by atoms with Gasteiger partial charge in [0.05, 0.1) is 16.9 Å².